The highest BCUT2D eigenvalue weighted by Gasteiger charge is 2.27. The maximum absolute atomic E-state index is 11.5. The van der Waals surface area contributed by atoms with Crippen molar-refractivity contribution >= 4 is 28.9 Å². The van der Waals surface area contributed by atoms with Gasteiger partial charge in [-0.15, -0.1) is 0 Å². The van der Waals surface area contributed by atoms with E-state index in [1.807, 2.05) is 12.1 Å². The summed E-state index contributed by atoms with van der Waals surface area (Å²) in [5.41, 5.74) is 8.56. The number of pyridine rings is 1. The highest BCUT2D eigenvalue weighted by molar-refractivity contribution is 6.29. The minimum atomic E-state index is -0.457. The van der Waals surface area contributed by atoms with E-state index in [1.165, 1.54) is 0 Å². The first kappa shape index (κ1) is 16.3. The fourth-order valence-corrected chi connectivity index (χ4v) is 2.38. The summed E-state index contributed by atoms with van der Waals surface area (Å²) < 4.78 is 0. The van der Waals surface area contributed by atoms with Gasteiger partial charge >= 0.3 is 0 Å². The van der Waals surface area contributed by atoms with Crippen molar-refractivity contribution in [3.8, 4) is 0 Å². The molecular formula is C16H18ClN3O2. The summed E-state index contributed by atoms with van der Waals surface area (Å²) in [5.74, 6) is 0.0734. The summed E-state index contributed by atoms with van der Waals surface area (Å²) >= 11 is 5.97. The topological polar surface area (TPSA) is 88.2 Å². The Labute approximate surface area is 134 Å². The number of nitrogens with zero attached hydrogens (tertiary/aromatic N) is 1. The molecule has 1 fully saturated rings. The number of hydrogen-bond donors (Lipinski definition) is 3. The monoisotopic (exact) mass is 319 g/mol. The molecule has 6 heteroatoms. The minimum absolute atomic E-state index is 0.424. The summed E-state index contributed by atoms with van der Waals surface area (Å²) in [6.45, 7) is 0. The van der Waals surface area contributed by atoms with E-state index in [0.717, 1.165) is 31.2 Å². The molecule has 2 aromatic rings. The van der Waals surface area contributed by atoms with Crippen LogP contribution in [0.3, 0.4) is 0 Å². The Balaban J connectivity index is 0.000000847. The van der Waals surface area contributed by atoms with Crippen LogP contribution in [0.15, 0.2) is 36.5 Å². The van der Waals surface area contributed by atoms with Gasteiger partial charge in [0.05, 0.1) is 11.3 Å². The number of anilines is 2. The van der Waals surface area contributed by atoms with Crippen molar-refractivity contribution < 1.29 is 9.90 Å². The number of primary amides is 1. The molecule has 0 unspecified atom stereocenters. The van der Waals surface area contributed by atoms with Crippen molar-refractivity contribution in [2.24, 2.45) is 5.73 Å². The molecule has 3 rings (SSSR count). The number of aromatic nitrogens is 1. The number of halogens is 1. The van der Waals surface area contributed by atoms with E-state index in [9.17, 15) is 4.79 Å². The number of aliphatic hydroxyl groups is 1. The molecular weight excluding hydrogens is 302 g/mol. The molecule has 1 heterocycles. The largest absolute Gasteiger partial charge is 0.400 e. The quantitative estimate of drug-likeness (QED) is 0.756. The van der Waals surface area contributed by atoms with Gasteiger partial charge in [0.1, 0.15) is 5.15 Å². The molecule has 1 aliphatic carbocycles. The second kappa shape index (κ2) is 7.24. The van der Waals surface area contributed by atoms with Crippen molar-refractivity contribution in [2.75, 3.05) is 12.4 Å². The molecule has 1 aliphatic rings. The van der Waals surface area contributed by atoms with Crippen LogP contribution >= 0.6 is 11.6 Å². The Morgan fingerprint density at radius 2 is 2.00 bits per heavy atom. The third kappa shape index (κ3) is 3.75. The molecule has 0 aliphatic heterocycles. The number of para-hydroxylation sites is 1. The van der Waals surface area contributed by atoms with E-state index in [2.05, 4.69) is 10.3 Å². The zero-order chi connectivity index (χ0) is 16.1. The highest BCUT2D eigenvalue weighted by atomic mass is 35.5. The van der Waals surface area contributed by atoms with Crippen LogP contribution in [0.2, 0.25) is 5.15 Å². The molecule has 0 atom stereocenters. The first-order chi connectivity index (χ1) is 10.6. The van der Waals surface area contributed by atoms with Crippen LogP contribution in [0.1, 0.15) is 34.7 Å². The van der Waals surface area contributed by atoms with Crippen LogP contribution in [-0.4, -0.2) is 23.1 Å². The molecule has 1 amide bonds. The molecule has 5 nitrogen and oxygen atoms in total. The van der Waals surface area contributed by atoms with Gasteiger partial charge in [0, 0.05) is 19.0 Å². The lowest BCUT2D eigenvalue weighted by atomic mass is 10.1. The third-order valence-corrected chi connectivity index (χ3v) is 3.59. The van der Waals surface area contributed by atoms with E-state index in [4.69, 9.17) is 22.4 Å². The van der Waals surface area contributed by atoms with Crippen LogP contribution in [0.4, 0.5) is 11.4 Å². The number of nitrogens with one attached hydrogen (secondary N) is 1. The van der Waals surface area contributed by atoms with E-state index >= 15 is 0 Å². The average Bonchev–Trinajstić information content (AvgIpc) is 3.34. The van der Waals surface area contributed by atoms with Gasteiger partial charge in [-0.05, 0) is 42.5 Å². The summed E-state index contributed by atoms with van der Waals surface area (Å²) in [4.78, 5) is 15.6. The highest BCUT2D eigenvalue weighted by Crippen LogP contribution is 2.44. The molecule has 0 radical (unpaired) electrons. The van der Waals surface area contributed by atoms with Gasteiger partial charge in [-0.1, -0.05) is 23.7 Å². The van der Waals surface area contributed by atoms with Gasteiger partial charge in [0.25, 0.3) is 5.91 Å². The second-order valence-corrected chi connectivity index (χ2v) is 5.29. The zero-order valence-corrected chi connectivity index (χ0v) is 13.0. The molecule has 1 saturated carbocycles. The van der Waals surface area contributed by atoms with Crippen LogP contribution in [-0.2, 0) is 0 Å². The maximum atomic E-state index is 11.5. The number of rotatable bonds is 4. The Morgan fingerprint density at radius 1 is 1.32 bits per heavy atom. The standard InChI is InChI=1S/C15H14ClN3O.CH4O/c16-14-7-13(11(8-18-14)9-5-6-9)19-12-4-2-1-3-10(12)15(17)20;1-2/h1-4,7-9H,5-6H2,(H2,17,20)(H,18,19);2H,1H3. The van der Waals surface area contributed by atoms with Crippen LogP contribution in [0.5, 0.6) is 0 Å². The predicted molar refractivity (Wildman–Crippen MR) is 87.6 cm³/mol. The Morgan fingerprint density at radius 3 is 2.64 bits per heavy atom. The average molecular weight is 320 g/mol. The van der Waals surface area contributed by atoms with Crippen molar-refractivity contribution in [3.63, 3.8) is 0 Å². The fraction of sp³-hybridized carbons (Fsp3) is 0.250. The van der Waals surface area contributed by atoms with E-state index in [0.29, 0.717) is 22.3 Å². The van der Waals surface area contributed by atoms with Crippen molar-refractivity contribution in [1.82, 2.24) is 4.98 Å². The summed E-state index contributed by atoms with van der Waals surface area (Å²) in [6, 6.07) is 8.95. The van der Waals surface area contributed by atoms with Crippen LogP contribution < -0.4 is 11.1 Å². The molecule has 1 aromatic carbocycles. The lowest BCUT2D eigenvalue weighted by molar-refractivity contribution is 0.100. The maximum Gasteiger partial charge on any atom is 0.250 e. The Hall–Kier alpha value is -2.11. The molecule has 4 N–H and O–H groups in total. The smallest absolute Gasteiger partial charge is 0.250 e. The first-order valence-electron chi connectivity index (χ1n) is 6.91. The van der Waals surface area contributed by atoms with Gasteiger partial charge in [-0.3, -0.25) is 4.79 Å². The van der Waals surface area contributed by atoms with Gasteiger partial charge in [0.2, 0.25) is 0 Å². The summed E-state index contributed by atoms with van der Waals surface area (Å²) in [7, 11) is 1.00. The number of benzene rings is 1. The molecule has 0 saturated heterocycles. The number of carbonyl (C=O) groups is 1. The molecule has 0 spiro atoms. The van der Waals surface area contributed by atoms with Gasteiger partial charge in [-0.2, -0.15) is 0 Å². The van der Waals surface area contributed by atoms with Crippen LogP contribution in [0.25, 0.3) is 0 Å². The Bertz CT molecular complexity index is 672. The number of amides is 1. The lowest BCUT2D eigenvalue weighted by Crippen LogP contribution is -2.13. The molecule has 0 bridgehead atoms. The van der Waals surface area contributed by atoms with Crippen LogP contribution in [0, 0.1) is 0 Å². The van der Waals surface area contributed by atoms with Crippen molar-refractivity contribution in [2.45, 2.75) is 18.8 Å². The number of aliphatic hydroxyl groups excluding tert-OH is 1. The molecule has 1 aromatic heterocycles. The van der Waals surface area contributed by atoms with E-state index < -0.39 is 5.91 Å². The number of carbonyl (C=O) groups excluding carboxylic acids is 1. The fourth-order valence-electron chi connectivity index (χ4n) is 2.22. The third-order valence-electron chi connectivity index (χ3n) is 3.38. The minimum Gasteiger partial charge on any atom is -0.400 e. The van der Waals surface area contributed by atoms with Gasteiger partial charge in [0.15, 0.2) is 0 Å². The van der Waals surface area contributed by atoms with E-state index in [1.54, 1.807) is 24.4 Å². The molecule has 116 valence electrons. The number of hydrogen-bond acceptors (Lipinski definition) is 4. The Kier molecular flexibility index (Phi) is 5.35. The predicted octanol–water partition coefficient (Wildman–Crippen LogP) is 3.06. The van der Waals surface area contributed by atoms with Crippen molar-refractivity contribution in [3.05, 3.63) is 52.8 Å². The van der Waals surface area contributed by atoms with Gasteiger partial charge in [-0.25, -0.2) is 4.98 Å². The SMILES string of the molecule is CO.NC(=O)c1ccccc1Nc1cc(Cl)ncc1C1CC1. The number of nitrogens with two attached hydrogens (primary N) is 1. The van der Waals surface area contributed by atoms with Gasteiger partial charge < -0.3 is 16.2 Å². The second-order valence-electron chi connectivity index (χ2n) is 4.90. The van der Waals surface area contributed by atoms with E-state index in [-0.39, 0.29) is 0 Å². The first-order valence-corrected chi connectivity index (χ1v) is 7.29. The molecule has 22 heavy (non-hydrogen) atoms. The normalized spacial score (nSPS) is 13.0. The zero-order valence-electron chi connectivity index (χ0n) is 12.2. The summed E-state index contributed by atoms with van der Waals surface area (Å²) in [5, 5.41) is 10.7. The summed E-state index contributed by atoms with van der Waals surface area (Å²) in [6.07, 6.45) is 4.13. The lowest BCUT2D eigenvalue weighted by Gasteiger charge is -2.13. The van der Waals surface area contributed by atoms with Crippen molar-refractivity contribution in [1.29, 1.82) is 0 Å².